The van der Waals surface area contributed by atoms with Crippen molar-refractivity contribution >= 4 is 6.21 Å². The molecule has 0 fully saturated rings. The van der Waals surface area contributed by atoms with Gasteiger partial charge in [0.25, 0.3) is 0 Å². The zero-order valence-corrected chi connectivity index (χ0v) is 13.4. The fraction of sp³-hybridized carbons (Fsp3) is 0.0952. The Morgan fingerprint density at radius 3 is 1.79 bits per heavy atom. The lowest BCUT2D eigenvalue weighted by molar-refractivity contribution is 0.467. The van der Waals surface area contributed by atoms with E-state index in [1.807, 2.05) is 85.1 Å². The Kier molecular flexibility index (Phi) is 5.51. The Labute approximate surface area is 142 Å². The van der Waals surface area contributed by atoms with Crippen LogP contribution < -0.4 is 11.1 Å². The molecule has 2 unspecified atom stereocenters. The first-order valence-electron chi connectivity index (χ1n) is 8.03. The fourth-order valence-electron chi connectivity index (χ4n) is 2.49. The topological polar surface area (TPSA) is 50.4 Å². The van der Waals surface area contributed by atoms with Gasteiger partial charge in [-0.3, -0.25) is 10.3 Å². The number of rotatable bonds is 6. The fourth-order valence-corrected chi connectivity index (χ4v) is 2.49. The molecule has 2 atom stereocenters. The minimum absolute atomic E-state index is 0.207. The van der Waals surface area contributed by atoms with Gasteiger partial charge in [-0.15, -0.1) is 0 Å². The highest BCUT2D eigenvalue weighted by molar-refractivity contribution is 5.79. The third-order valence-electron chi connectivity index (χ3n) is 3.78. The second-order valence-electron chi connectivity index (χ2n) is 5.56. The second kappa shape index (κ2) is 8.20. The molecule has 3 nitrogen and oxygen atoms in total. The summed E-state index contributed by atoms with van der Waals surface area (Å²) in [6, 6.07) is 30.2. The molecule has 3 heteroatoms. The third kappa shape index (κ3) is 4.38. The van der Waals surface area contributed by atoms with Gasteiger partial charge in [-0.25, -0.2) is 0 Å². The van der Waals surface area contributed by atoms with E-state index in [1.54, 1.807) is 0 Å². The quantitative estimate of drug-likeness (QED) is 0.532. The largest absolute Gasteiger partial charge is 0.312 e. The van der Waals surface area contributed by atoms with Crippen LogP contribution in [0.15, 0.2) is 96.0 Å². The second-order valence-corrected chi connectivity index (χ2v) is 5.56. The highest BCUT2D eigenvalue weighted by Gasteiger charge is 2.13. The standard InChI is InChI=1S/C21H21N3/c22-20(18-12-6-2-7-13-18)24-21(19-14-8-3-9-15-19)23-16-17-10-4-1-5-11-17/h1-16,20-21,24H,22H2/b23-16+. The molecule has 3 N–H and O–H groups in total. The van der Waals surface area contributed by atoms with Crippen LogP contribution in [-0.2, 0) is 0 Å². The molecule has 0 bridgehead atoms. The van der Waals surface area contributed by atoms with Crippen LogP contribution in [0.25, 0.3) is 0 Å². The number of aliphatic imine (C=N–C) groups is 1. The van der Waals surface area contributed by atoms with E-state index in [0.717, 1.165) is 16.7 Å². The van der Waals surface area contributed by atoms with Crippen molar-refractivity contribution in [3.8, 4) is 0 Å². The SMILES string of the molecule is NC(NC(/N=C/c1ccccc1)c1ccccc1)c1ccccc1. The Balaban J connectivity index is 1.81. The third-order valence-corrected chi connectivity index (χ3v) is 3.78. The van der Waals surface area contributed by atoms with Gasteiger partial charge in [0.15, 0.2) is 0 Å². The summed E-state index contributed by atoms with van der Waals surface area (Å²) >= 11 is 0. The summed E-state index contributed by atoms with van der Waals surface area (Å²) in [6.07, 6.45) is 1.38. The molecular weight excluding hydrogens is 294 g/mol. The molecule has 120 valence electrons. The summed E-state index contributed by atoms with van der Waals surface area (Å²) in [5, 5.41) is 3.40. The van der Waals surface area contributed by atoms with Crippen LogP contribution in [0.4, 0.5) is 0 Å². The van der Waals surface area contributed by atoms with E-state index in [9.17, 15) is 0 Å². The van der Waals surface area contributed by atoms with Crippen molar-refractivity contribution in [1.82, 2.24) is 5.32 Å². The van der Waals surface area contributed by atoms with Crippen molar-refractivity contribution in [2.75, 3.05) is 0 Å². The summed E-state index contributed by atoms with van der Waals surface area (Å²) in [5.74, 6) is 0. The zero-order valence-electron chi connectivity index (χ0n) is 13.4. The van der Waals surface area contributed by atoms with Gasteiger partial charge in [0.2, 0.25) is 0 Å². The molecule has 0 aliphatic heterocycles. The van der Waals surface area contributed by atoms with Crippen LogP contribution in [0, 0.1) is 0 Å². The lowest BCUT2D eigenvalue weighted by Gasteiger charge is -2.21. The maximum atomic E-state index is 6.32. The van der Waals surface area contributed by atoms with Gasteiger partial charge in [-0.1, -0.05) is 91.0 Å². The Morgan fingerprint density at radius 1 is 0.708 bits per heavy atom. The molecule has 24 heavy (non-hydrogen) atoms. The van der Waals surface area contributed by atoms with Crippen LogP contribution in [-0.4, -0.2) is 6.21 Å². The predicted octanol–water partition coefficient (Wildman–Crippen LogP) is 4.05. The van der Waals surface area contributed by atoms with Gasteiger partial charge in [-0.05, 0) is 16.7 Å². The Bertz CT molecular complexity index is 755. The first-order chi connectivity index (χ1) is 11.8. The molecule has 0 aliphatic rings. The number of benzene rings is 3. The number of hydrogen-bond donors (Lipinski definition) is 2. The van der Waals surface area contributed by atoms with Crippen molar-refractivity contribution in [2.45, 2.75) is 12.3 Å². The number of hydrogen-bond acceptors (Lipinski definition) is 3. The van der Waals surface area contributed by atoms with Gasteiger partial charge in [0.05, 0.1) is 6.17 Å². The Morgan fingerprint density at radius 2 is 1.21 bits per heavy atom. The average molecular weight is 315 g/mol. The van der Waals surface area contributed by atoms with E-state index in [0.29, 0.717) is 0 Å². The van der Waals surface area contributed by atoms with Gasteiger partial charge >= 0.3 is 0 Å². The first-order valence-corrected chi connectivity index (χ1v) is 8.03. The summed E-state index contributed by atoms with van der Waals surface area (Å²) < 4.78 is 0. The molecule has 3 aromatic rings. The first kappa shape index (κ1) is 16.1. The number of nitrogens with zero attached hydrogens (tertiary/aromatic N) is 1. The van der Waals surface area contributed by atoms with E-state index in [4.69, 9.17) is 10.7 Å². The minimum Gasteiger partial charge on any atom is -0.312 e. The van der Waals surface area contributed by atoms with Gasteiger partial charge < -0.3 is 5.73 Å². The molecule has 3 rings (SSSR count). The molecular formula is C21H21N3. The number of nitrogens with one attached hydrogen (secondary N) is 1. The highest BCUT2D eigenvalue weighted by Crippen LogP contribution is 2.18. The van der Waals surface area contributed by atoms with E-state index in [2.05, 4.69) is 17.4 Å². The van der Waals surface area contributed by atoms with Crippen molar-refractivity contribution in [2.24, 2.45) is 10.7 Å². The zero-order chi connectivity index (χ0) is 16.6. The van der Waals surface area contributed by atoms with E-state index < -0.39 is 0 Å². The Hall–Kier alpha value is -2.75. The van der Waals surface area contributed by atoms with Gasteiger partial charge in [-0.2, -0.15) is 0 Å². The molecule has 0 saturated carbocycles. The van der Waals surface area contributed by atoms with E-state index in [1.165, 1.54) is 0 Å². The monoisotopic (exact) mass is 315 g/mol. The van der Waals surface area contributed by atoms with Gasteiger partial charge in [0.1, 0.15) is 6.17 Å². The lowest BCUT2D eigenvalue weighted by atomic mass is 10.1. The summed E-state index contributed by atoms with van der Waals surface area (Å²) in [4.78, 5) is 4.71. The predicted molar refractivity (Wildman–Crippen MR) is 99.7 cm³/mol. The molecule has 0 aromatic heterocycles. The normalized spacial score (nSPS) is 13.7. The van der Waals surface area contributed by atoms with Crippen LogP contribution >= 0.6 is 0 Å². The molecule has 0 radical (unpaired) electrons. The van der Waals surface area contributed by atoms with Crippen molar-refractivity contribution in [1.29, 1.82) is 0 Å². The summed E-state index contributed by atoms with van der Waals surface area (Å²) in [5.41, 5.74) is 9.50. The maximum Gasteiger partial charge on any atom is 0.127 e. The molecule has 0 spiro atoms. The average Bonchev–Trinajstić information content (AvgIpc) is 2.67. The summed E-state index contributed by atoms with van der Waals surface area (Å²) in [6.45, 7) is 0. The van der Waals surface area contributed by atoms with Gasteiger partial charge in [0, 0.05) is 6.21 Å². The smallest absolute Gasteiger partial charge is 0.127 e. The van der Waals surface area contributed by atoms with E-state index in [-0.39, 0.29) is 12.3 Å². The van der Waals surface area contributed by atoms with E-state index >= 15 is 0 Å². The highest BCUT2D eigenvalue weighted by atomic mass is 15.1. The summed E-state index contributed by atoms with van der Waals surface area (Å²) in [7, 11) is 0. The molecule has 3 aromatic carbocycles. The number of nitrogens with two attached hydrogens (primary N) is 1. The van der Waals surface area contributed by atoms with Crippen molar-refractivity contribution in [3.63, 3.8) is 0 Å². The maximum absolute atomic E-state index is 6.32. The lowest BCUT2D eigenvalue weighted by Crippen LogP contribution is -2.31. The molecule has 0 saturated heterocycles. The molecule has 0 amide bonds. The van der Waals surface area contributed by atoms with Crippen molar-refractivity contribution < 1.29 is 0 Å². The van der Waals surface area contributed by atoms with Crippen LogP contribution in [0.2, 0.25) is 0 Å². The molecule has 0 heterocycles. The molecule has 0 aliphatic carbocycles. The van der Waals surface area contributed by atoms with Crippen molar-refractivity contribution in [3.05, 3.63) is 108 Å². The van der Waals surface area contributed by atoms with Crippen LogP contribution in [0.5, 0.6) is 0 Å². The minimum atomic E-state index is -0.288. The van der Waals surface area contributed by atoms with Crippen LogP contribution in [0.3, 0.4) is 0 Å². The van der Waals surface area contributed by atoms with Crippen LogP contribution in [0.1, 0.15) is 29.0 Å².